The van der Waals surface area contributed by atoms with Gasteiger partial charge in [-0.25, -0.2) is 8.42 Å². The number of carbonyl (C=O) groups is 2. The summed E-state index contributed by atoms with van der Waals surface area (Å²) in [5, 5.41) is 2.61. The fraction of sp³-hybridized carbons (Fsp3) is 0.364. The minimum absolute atomic E-state index is 0.0310. The molecule has 0 saturated heterocycles. The third-order valence-corrected chi connectivity index (χ3v) is 6.68. The smallest absolute Gasteiger partial charge is 0.262 e. The molecule has 32 heavy (non-hydrogen) atoms. The van der Waals surface area contributed by atoms with Gasteiger partial charge in [-0.1, -0.05) is 19.9 Å². The predicted octanol–water partition coefficient (Wildman–Crippen LogP) is 2.54. The van der Waals surface area contributed by atoms with Crippen molar-refractivity contribution in [3.05, 3.63) is 47.5 Å². The van der Waals surface area contributed by atoms with Gasteiger partial charge in [-0.2, -0.15) is 4.31 Å². The first-order valence-electron chi connectivity index (χ1n) is 10.2. The maximum atomic E-state index is 13.0. The van der Waals surface area contributed by atoms with E-state index in [0.29, 0.717) is 19.7 Å². The normalized spacial score (nSPS) is 11.3. The number of benzene rings is 2. The molecule has 0 aliphatic carbocycles. The van der Waals surface area contributed by atoms with E-state index in [9.17, 15) is 18.0 Å². The van der Waals surface area contributed by atoms with Crippen molar-refractivity contribution in [2.45, 2.75) is 32.6 Å². The lowest BCUT2D eigenvalue weighted by Crippen LogP contribution is -2.31. The van der Waals surface area contributed by atoms with Gasteiger partial charge in [0, 0.05) is 18.8 Å². The third kappa shape index (κ3) is 5.98. The summed E-state index contributed by atoms with van der Waals surface area (Å²) in [4.78, 5) is 24.0. The van der Waals surface area contributed by atoms with E-state index in [2.05, 4.69) is 5.32 Å². The highest BCUT2D eigenvalue weighted by Crippen LogP contribution is 2.30. The second-order valence-corrected chi connectivity index (χ2v) is 8.79. The molecule has 2 aromatic carbocycles. The van der Waals surface area contributed by atoms with Crippen molar-refractivity contribution in [3.63, 3.8) is 0 Å². The molecule has 10 heteroatoms. The SMILES string of the molecule is CCOc1ccc(NC(=O)COc2cc(C)ccc2C(N)=O)cc1S(=O)(=O)N(CC)CC. The maximum absolute atomic E-state index is 13.0. The van der Waals surface area contributed by atoms with E-state index in [-0.39, 0.29) is 27.6 Å². The number of nitrogens with zero attached hydrogens (tertiary/aromatic N) is 1. The van der Waals surface area contributed by atoms with Crippen molar-refractivity contribution in [1.29, 1.82) is 0 Å². The largest absolute Gasteiger partial charge is 0.492 e. The zero-order valence-electron chi connectivity index (χ0n) is 18.7. The van der Waals surface area contributed by atoms with E-state index in [4.69, 9.17) is 15.2 Å². The quantitative estimate of drug-likeness (QED) is 0.527. The van der Waals surface area contributed by atoms with Crippen LogP contribution in [-0.2, 0) is 14.8 Å². The Balaban J connectivity index is 2.24. The van der Waals surface area contributed by atoms with Crippen molar-refractivity contribution in [3.8, 4) is 11.5 Å². The first-order chi connectivity index (χ1) is 15.1. The fourth-order valence-electron chi connectivity index (χ4n) is 3.06. The summed E-state index contributed by atoms with van der Waals surface area (Å²) in [6, 6.07) is 9.26. The predicted molar refractivity (Wildman–Crippen MR) is 122 cm³/mol. The number of carbonyl (C=O) groups excluding carboxylic acids is 2. The van der Waals surface area contributed by atoms with Gasteiger partial charge < -0.3 is 20.5 Å². The van der Waals surface area contributed by atoms with Gasteiger partial charge in [0.2, 0.25) is 10.0 Å². The molecule has 0 fully saturated rings. The monoisotopic (exact) mass is 463 g/mol. The van der Waals surface area contributed by atoms with Gasteiger partial charge in [-0.15, -0.1) is 0 Å². The number of ether oxygens (including phenoxy) is 2. The van der Waals surface area contributed by atoms with Gasteiger partial charge in [0.1, 0.15) is 16.4 Å². The summed E-state index contributed by atoms with van der Waals surface area (Å²) in [5.74, 6) is -0.793. The Bertz CT molecular complexity index is 1080. The number of anilines is 1. The van der Waals surface area contributed by atoms with Gasteiger partial charge >= 0.3 is 0 Å². The van der Waals surface area contributed by atoms with Crippen molar-refractivity contribution < 1.29 is 27.5 Å². The molecule has 3 N–H and O–H groups in total. The average Bonchev–Trinajstić information content (AvgIpc) is 2.74. The van der Waals surface area contributed by atoms with Crippen LogP contribution in [0.5, 0.6) is 11.5 Å². The molecule has 0 heterocycles. The van der Waals surface area contributed by atoms with Gasteiger partial charge in [-0.3, -0.25) is 9.59 Å². The molecular weight excluding hydrogens is 434 g/mol. The van der Waals surface area contributed by atoms with Crippen LogP contribution in [0.1, 0.15) is 36.7 Å². The number of rotatable bonds is 11. The molecule has 0 radical (unpaired) electrons. The fourth-order valence-corrected chi connectivity index (χ4v) is 4.67. The third-order valence-electron chi connectivity index (χ3n) is 4.61. The van der Waals surface area contributed by atoms with Crippen LogP contribution < -0.4 is 20.5 Å². The summed E-state index contributed by atoms with van der Waals surface area (Å²) in [6.45, 7) is 7.56. The van der Waals surface area contributed by atoms with Crippen molar-refractivity contribution >= 4 is 27.5 Å². The van der Waals surface area contributed by atoms with E-state index in [1.807, 2.05) is 6.92 Å². The molecule has 2 amide bonds. The lowest BCUT2D eigenvalue weighted by Gasteiger charge is -2.21. The lowest BCUT2D eigenvalue weighted by molar-refractivity contribution is -0.118. The molecule has 0 bridgehead atoms. The average molecular weight is 464 g/mol. The molecule has 0 aliphatic heterocycles. The Morgan fingerprint density at radius 3 is 2.28 bits per heavy atom. The summed E-state index contributed by atoms with van der Waals surface area (Å²) in [6.07, 6.45) is 0. The van der Waals surface area contributed by atoms with Gasteiger partial charge in [0.05, 0.1) is 12.2 Å². The van der Waals surface area contributed by atoms with E-state index in [1.54, 1.807) is 39.0 Å². The molecule has 2 aromatic rings. The first-order valence-corrected chi connectivity index (χ1v) is 11.7. The van der Waals surface area contributed by atoms with Crippen LogP contribution in [0.15, 0.2) is 41.3 Å². The highest BCUT2D eigenvalue weighted by atomic mass is 32.2. The summed E-state index contributed by atoms with van der Waals surface area (Å²) >= 11 is 0. The van der Waals surface area contributed by atoms with Crippen molar-refractivity contribution in [2.24, 2.45) is 5.73 Å². The van der Waals surface area contributed by atoms with E-state index in [1.165, 1.54) is 22.5 Å². The highest BCUT2D eigenvalue weighted by molar-refractivity contribution is 7.89. The summed E-state index contributed by atoms with van der Waals surface area (Å²) in [7, 11) is -3.81. The Labute approximate surface area is 188 Å². The number of hydrogen-bond acceptors (Lipinski definition) is 6. The molecule has 0 aliphatic rings. The van der Waals surface area contributed by atoms with Gasteiger partial charge in [-0.05, 0) is 49.7 Å². The zero-order valence-corrected chi connectivity index (χ0v) is 19.5. The standard InChI is InChI=1S/C22H29N3O6S/c1-5-25(6-2)32(28,29)20-13-16(9-11-18(20)30-7-3)24-21(26)14-31-19-12-15(4)8-10-17(19)22(23)27/h8-13H,5-7,14H2,1-4H3,(H2,23,27)(H,24,26). The lowest BCUT2D eigenvalue weighted by atomic mass is 10.1. The minimum Gasteiger partial charge on any atom is -0.492 e. The Morgan fingerprint density at radius 1 is 1.00 bits per heavy atom. The van der Waals surface area contributed by atoms with Gasteiger partial charge in [0.15, 0.2) is 6.61 Å². The van der Waals surface area contributed by atoms with Crippen LogP contribution in [0, 0.1) is 6.92 Å². The van der Waals surface area contributed by atoms with Crippen LogP contribution in [0.3, 0.4) is 0 Å². The molecule has 0 unspecified atom stereocenters. The molecule has 0 aromatic heterocycles. The van der Waals surface area contributed by atoms with Crippen LogP contribution >= 0.6 is 0 Å². The Hall–Kier alpha value is -3.11. The topological polar surface area (TPSA) is 128 Å². The molecular formula is C22H29N3O6S. The van der Waals surface area contributed by atoms with E-state index < -0.39 is 28.4 Å². The number of sulfonamides is 1. The number of nitrogens with one attached hydrogen (secondary N) is 1. The van der Waals surface area contributed by atoms with Crippen molar-refractivity contribution in [2.75, 3.05) is 31.6 Å². The number of aryl methyl sites for hydroxylation is 1. The second-order valence-electron chi connectivity index (χ2n) is 6.88. The van der Waals surface area contributed by atoms with Crippen LogP contribution in [-0.4, -0.2) is 50.8 Å². The minimum atomic E-state index is -3.81. The van der Waals surface area contributed by atoms with Gasteiger partial charge in [0.25, 0.3) is 11.8 Å². The zero-order chi connectivity index (χ0) is 23.9. The number of nitrogens with two attached hydrogens (primary N) is 1. The van der Waals surface area contributed by atoms with Crippen molar-refractivity contribution in [1.82, 2.24) is 4.31 Å². The first kappa shape index (κ1) is 25.2. The highest BCUT2D eigenvalue weighted by Gasteiger charge is 2.26. The van der Waals surface area contributed by atoms with Crippen LogP contribution in [0.25, 0.3) is 0 Å². The van der Waals surface area contributed by atoms with Crippen LogP contribution in [0.4, 0.5) is 5.69 Å². The summed E-state index contributed by atoms with van der Waals surface area (Å²) in [5.41, 5.74) is 6.62. The van der Waals surface area contributed by atoms with E-state index >= 15 is 0 Å². The molecule has 9 nitrogen and oxygen atoms in total. The number of amides is 2. The molecule has 0 spiro atoms. The number of hydrogen-bond donors (Lipinski definition) is 2. The molecule has 2 rings (SSSR count). The second kappa shape index (κ2) is 11.0. The van der Waals surface area contributed by atoms with E-state index in [0.717, 1.165) is 5.56 Å². The Kier molecular flexibility index (Phi) is 8.62. The number of primary amides is 1. The Morgan fingerprint density at radius 2 is 1.69 bits per heavy atom. The molecule has 174 valence electrons. The maximum Gasteiger partial charge on any atom is 0.262 e. The van der Waals surface area contributed by atoms with Crippen LogP contribution in [0.2, 0.25) is 0 Å². The molecule has 0 atom stereocenters. The summed E-state index contributed by atoms with van der Waals surface area (Å²) < 4.78 is 38.4. The molecule has 0 saturated carbocycles.